The molecule has 0 atom stereocenters. The number of amides is 2. The summed E-state index contributed by atoms with van der Waals surface area (Å²) in [5.41, 5.74) is 0.825. The Morgan fingerprint density at radius 3 is 2.19 bits per heavy atom. The van der Waals surface area contributed by atoms with E-state index in [1.54, 1.807) is 57.2 Å². The lowest BCUT2D eigenvalue weighted by Crippen LogP contribution is -2.37. The summed E-state index contributed by atoms with van der Waals surface area (Å²) in [5, 5.41) is 5.04. The number of hydrogen-bond donors (Lipinski definition) is 2. The van der Waals surface area contributed by atoms with Crippen molar-refractivity contribution in [1.29, 1.82) is 0 Å². The van der Waals surface area contributed by atoms with Gasteiger partial charge in [0.25, 0.3) is 0 Å². The van der Waals surface area contributed by atoms with Gasteiger partial charge in [0.15, 0.2) is 0 Å². The van der Waals surface area contributed by atoms with E-state index in [1.165, 1.54) is 12.1 Å². The monoisotopic (exact) mass is 437 g/mol. The maximum absolute atomic E-state index is 13.0. The fourth-order valence-electron chi connectivity index (χ4n) is 2.65. The van der Waals surface area contributed by atoms with Gasteiger partial charge in [0.2, 0.25) is 5.91 Å². The number of hydrogen-bond acceptors (Lipinski definition) is 5. The van der Waals surface area contributed by atoms with Crippen LogP contribution in [0.25, 0.3) is 11.3 Å². The van der Waals surface area contributed by atoms with Crippen LogP contribution in [0.5, 0.6) is 11.5 Å². The van der Waals surface area contributed by atoms with E-state index in [4.69, 9.17) is 9.47 Å². The van der Waals surface area contributed by atoms with Gasteiger partial charge in [0.05, 0.1) is 5.69 Å². The number of alkyl carbamates (subject to hydrolysis) is 1. The van der Waals surface area contributed by atoms with Crippen molar-refractivity contribution < 1.29 is 23.5 Å². The summed E-state index contributed by atoms with van der Waals surface area (Å²) in [5.74, 6) is 0.722. The lowest BCUT2D eigenvalue weighted by atomic mass is 10.1. The molecule has 0 saturated carbocycles. The molecule has 3 aromatic rings. The number of nitrogens with zero attached hydrogens (tertiary/aromatic N) is 1. The highest BCUT2D eigenvalue weighted by Crippen LogP contribution is 2.25. The third-order valence-electron chi connectivity index (χ3n) is 4.01. The van der Waals surface area contributed by atoms with Crippen LogP contribution in [0.4, 0.5) is 15.0 Å². The third-order valence-corrected chi connectivity index (χ3v) is 4.01. The van der Waals surface area contributed by atoms with Crippen molar-refractivity contribution >= 4 is 17.8 Å². The van der Waals surface area contributed by atoms with Crippen LogP contribution in [0, 0.1) is 5.82 Å². The van der Waals surface area contributed by atoms with E-state index in [9.17, 15) is 14.0 Å². The van der Waals surface area contributed by atoms with Gasteiger partial charge in [-0.05, 0) is 81.4 Å². The molecule has 8 heteroatoms. The van der Waals surface area contributed by atoms with Gasteiger partial charge in [-0.25, -0.2) is 14.2 Å². The van der Waals surface area contributed by atoms with E-state index in [0.717, 1.165) is 5.56 Å². The normalized spacial score (nSPS) is 10.9. The van der Waals surface area contributed by atoms with Crippen molar-refractivity contribution in [2.75, 3.05) is 11.9 Å². The number of carbonyl (C=O) groups excluding carboxylic acids is 2. The Morgan fingerprint density at radius 1 is 0.938 bits per heavy atom. The lowest BCUT2D eigenvalue weighted by Gasteiger charge is -2.19. The van der Waals surface area contributed by atoms with E-state index in [0.29, 0.717) is 23.0 Å². The zero-order chi connectivity index (χ0) is 23.1. The van der Waals surface area contributed by atoms with E-state index >= 15 is 0 Å². The maximum atomic E-state index is 13.0. The Morgan fingerprint density at radius 2 is 1.56 bits per heavy atom. The summed E-state index contributed by atoms with van der Waals surface area (Å²) in [6.07, 6.45) is -0.669. The molecule has 0 fully saturated rings. The number of ether oxygens (including phenoxy) is 2. The summed E-state index contributed by atoms with van der Waals surface area (Å²) in [6.45, 7) is 4.98. The minimum absolute atomic E-state index is 0.240. The van der Waals surface area contributed by atoms with Gasteiger partial charge in [0, 0.05) is 5.56 Å². The maximum Gasteiger partial charge on any atom is 0.408 e. The SMILES string of the molecule is CC(C)(C)OC(=O)NCC(=O)Nc1cccc(-c2ccc(Oc3ccc(F)cc3)cc2)n1. The largest absolute Gasteiger partial charge is 0.457 e. The molecule has 1 heterocycles. The van der Waals surface area contributed by atoms with Gasteiger partial charge in [-0.15, -0.1) is 0 Å². The van der Waals surface area contributed by atoms with Crippen LogP contribution >= 0.6 is 0 Å². The van der Waals surface area contributed by atoms with Crippen LogP contribution in [0.2, 0.25) is 0 Å². The van der Waals surface area contributed by atoms with Gasteiger partial charge in [0.1, 0.15) is 35.3 Å². The zero-order valence-electron chi connectivity index (χ0n) is 18.0. The number of carbonyl (C=O) groups is 2. The number of pyridine rings is 1. The van der Waals surface area contributed by atoms with E-state index in [1.807, 2.05) is 18.2 Å². The molecule has 2 aromatic carbocycles. The lowest BCUT2D eigenvalue weighted by molar-refractivity contribution is -0.115. The second-order valence-electron chi connectivity index (χ2n) is 7.89. The van der Waals surface area contributed by atoms with Gasteiger partial charge in [-0.1, -0.05) is 6.07 Å². The zero-order valence-corrected chi connectivity index (χ0v) is 18.0. The van der Waals surface area contributed by atoms with Crippen molar-refractivity contribution in [3.8, 4) is 22.8 Å². The second kappa shape index (κ2) is 9.91. The van der Waals surface area contributed by atoms with Crippen LogP contribution < -0.4 is 15.4 Å². The molecule has 3 rings (SSSR count). The molecular weight excluding hydrogens is 413 g/mol. The van der Waals surface area contributed by atoms with Gasteiger partial charge in [-0.2, -0.15) is 0 Å². The first-order valence-electron chi connectivity index (χ1n) is 9.95. The van der Waals surface area contributed by atoms with Gasteiger partial charge >= 0.3 is 6.09 Å². The molecule has 1 aromatic heterocycles. The third kappa shape index (κ3) is 7.09. The highest BCUT2D eigenvalue weighted by Gasteiger charge is 2.16. The molecule has 0 bridgehead atoms. The molecule has 0 aliphatic rings. The van der Waals surface area contributed by atoms with Gasteiger partial charge < -0.3 is 20.1 Å². The second-order valence-corrected chi connectivity index (χ2v) is 7.89. The fourth-order valence-corrected chi connectivity index (χ4v) is 2.65. The predicted molar refractivity (Wildman–Crippen MR) is 119 cm³/mol. The Kier molecular flexibility index (Phi) is 7.04. The number of aromatic nitrogens is 1. The van der Waals surface area contributed by atoms with Gasteiger partial charge in [-0.3, -0.25) is 4.79 Å². The Balaban J connectivity index is 1.58. The summed E-state index contributed by atoms with van der Waals surface area (Å²) in [4.78, 5) is 28.2. The van der Waals surface area contributed by atoms with Crippen molar-refractivity contribution in [3.63, 3.8) is 0 Å². The molecule has 166 valence electrons. The molecule has 0 spiro atoms. The van der Waals surface area contributed by atoms with Crippen LogP contribution in [-0.2, 0) is 9.53 Å². The molecule has 2 N–H and O–H groups in total. The van der Waals surface area contributed by atoms with E-state index in [2.05, 4.69) is 15.6 Å². The van der Waals surface area contributed by atoms with Crippen molar-refractivity contribution in [2.24, 2.45) is 0 Å². The average Bonchev–Trinajstić information content (AvgIpc) is 2.73. The quantitative estimate of drug-likeness (QED) is 0.557. The molecule has 0 aliphatic carbocycles. The number of nitrogens with one attached hydrogen (secondary N) is 2. The predicted octanol–water partition coefficient (Wildman–Crippen LogP) is 5.14. The first-order chi connectivity index (χ1) is 15.2. The molecule has 7 nitrogen and oxygen atoms in total. The number of halogens is 1. The van der Waals surface area contributed by atoms with Crippen LogP contribution in [-0.4, -0.2) is 29.1 Å². The minimum Gasteiger partial charge on any atom is -0.457 e. The smallest absolute Gasteiger partial charge is 0.408 e. The van der Waals surface area contributed by atoms with Crippen LogP contribution in [0.15, 0.2) is 66.7 Å². The highest BCUT2D eigenvalue weighted by molar-refractivity contribution is 5.93. The molecule has 2 amide bonds. The summed E-state index contributed by atoms with van der Waals surface area (Å²) < 4.78 is 23.8. The standard InChI is InChI=1S/C24H24FN3O4/c1-24(2,3)32-23(30)26-15-22(29)28-21-6-4-5-20(27-21)16-7-11-18(12-8-16)31-19-13-9-17(25)10-14-19/h4-14H,15H2,1-3H3,(H,26,30)(H,27,28,29). The Hall–Kier alpha value is -3.94. The van der Waals surface area contributed by atoms with Crippen LogP contribution in [0.3, 0.4) is 0 Å². The minimum atomic E-state index is -0.669. The summed E-state index contributed by atoms with van der Waals surface area (Å²) in [6, 6.07) is 18.2. The molecule has 0 unspecified atom stereocenters. The van der Waals surface area contributed by atoms with Crippen LogP contribution in [0.1, 0.15) is 20.8 Å². The number of anilines is 1. The topological polar surface area (TPSA) is 89.5 Å². The number of benzene rings is 2. The first kappa shape index (κ1) is 22.7. The number of rotatable bonds is 6. The summed E-state index contributed by atoms with van der Waals surface area (Å²) >= 11 is 0. The van der Waals surface area contributed by atoms with Crippen molar-refractivity contribution in [2.45, 2.75) is 26.4 Å². The highest BCUT2D eigenvalue weighted by atomic mass is 19.1. The van der Waals surface area contributed by atoms with E-state index < -0.39 is 17.6 Å². The summed E-state index contributed by atoms with van der Waals surface area (Å²) in [7, 11) is 0. The molecule has 0 radical (unpaired) electrons. The van der Waals surface area contributed by atoms with Crippen molar-refractivity contribution in [3.05, 3.63) is 72.5 Å². The molecule has 0 aliphatic heterocycles. The fraction of sp³-hybridized carbons (Fsp3) is 0.208. The Labute approximate surface area is 185 Å². The Bertz CT molecular complexity index is 1080. The van der Waals surface area contributed by atoms with Crippen molar-refractivity contribution in [1.82, 2.24) is 10.3 Å². The van der Waals surface area contributed by atoms with E-state index in [-0.39, 0.29) is 12.4 Å². The first-order valence-corrected chi connectivity index (χ1v) is 9.95. The molecule has 32 heavy (non-hydrogen) atoms. The average molecular weight is 437 g/mol. The molecule has 0 saturated heterocycles. The molecular formula is C24H24FN3O4.